The van der Waals surface area contributed by atoms with Crippen molar-refractivity contribution < 1.29 is 14.3 Å². The summed E-state index contributed by atoms with van der Waals surface area (Å²) in [7, 11) is 0. The number of aromatic nitrogens is 5. The minimum Gasteiger partial charge on any atom is -0.454 e. The average Bonchev–Trinajstić information content (AvgIpc) is 3.50. The van der Waals surface area contributed by atoms with Crippen molar-refractivity contribution in [2.24, 2.45) is 0 Å². The van der Waals surface area contributed by atoms with E-state index in [1.54, 1.807) is 35.4 Å². The van der Waals surface area contributed by atoms with E-state index < -0.39 is 6.04 Å². The van der Waals surface area contributed by atoms with Crippen LogP contribution in [0, 0.1) is 0 Å². The minimum absolute atomic E-state index is 0.159. The van der Waals surface area contributed by atoms with E-state index in [-0.39, 0.29) is 12.7 Å². The number of pyridine rings is 2. The molecule has 6 rings (SSSR count). The SMILES string of the molecule is CC1=C(C(=O)Nc2ccccn2)C(c2ccc3c(c2)OCO3)n2nc(-c3cccnc3)nc2N1. The van der Waals surface area contributed by atoms with E-state index in [9.17, 15) is 4.79 Å². The summed E-state index contributed by atoms with van der Waals surface area (Å²) in [5.74, 6) is 2.46. The van der Waals surface area contributed by atoms with Crippen LogP contribution in [-0.2, 0) is 4.79 Å². The van der Waals surface area contributed by atoms with Crippen LogP contribution in [0.4, 0.5) is 11.8 Å². The first-order valence-electron chi connectivity index (χ1n) is 10.6. The van der Waals surface area contributed by atoms with Gasteiger partial charge >= 0.3 is 0 Å². The van der Waals surface area contributed by atoms with Crippen LogP contribution < -0.4 is 20.1 Å². The fraction of sp³-hybridized carbons (Fsp3) is 0.125. The van der Waals surface area contributed by atoms with E-state index >= 15 is 0 Å². The second-order valence-corrected chi connectivity index (χ2v) is 7.79. The second kappa shape index (κ2) is 8.00. The molecule has 1 aromatic carbocycles. The molecular formula is C24H19N7O3. The Morgan fingerprint density at radius 2 is 2.03 bits per heavy atom. The van der Waals surface area contributed by atoms with Gasteiger partial charge in [-0.15, -0.1) is 5.10 Å². The monoisotopic (exact) mass is 453 g/mol. The number of amides is 1. The zero-order valence-electron chi connectivity index (χ0n) is 18.1. The van der Waals surface area contributed by atoms with Crippen molar-refractivity contribution in [2.45, 2.75) is 13.0 Å². The molecule has 3 aromatic heterocycles. The quantitative estimate of drug-likeness (QED) is 0.483. The van der Waals surface area contributed by atoms with Crippen LogP contribution in [-0.4, -0.2) is 37.4 Å². The van der Waals surface area contributed by atoms with E-state index in [2.05, 4.69) is 25.6 Å². The molecule has 1 amide bonds. The lowest BCUT2D eigenvalue weighted by molar-refractivity contribution is -0.113. The highest BCUT2D eigenvalue weighted by atomic mass is 16.7. The van der Waals surface area contributed by atoms with Crippen LogP contribution in [0.15, 0.2) is 78.4 Å². The molecule has 0 radical (unpaired) electrons. The smallest absolute Gasteiger partial charge is 0.257 e. The first-order chi connectivity index (χ1) is 16.7. The highest BCUT2D eigenvalue weighted by Gasteiger charge is 2.35. The molecule has 10 heteroatoms. The van der Waals surface area contributed by atoms with E-state index in [0.29, 0.717) is 40.4 Å². The molecule has 0 saturated heterocycles. The Labute approximate surface area is 194 Å². The van der Waals surface area contributed by atoms with Crippen molar-refractivity contribution in [3.05, 3.63) is 84.0 Å². The van der Waals surface area contributed by atoms with Gasteiger partial charge in [0.1, 0.15) is 11.9 Å². The molecular weight excluding hydrogens is 434 g/mol. The van der Waals surface area contributed by atoms with Crippen molar-refractivity contribution in [1.82, 2.24) is 24.7 Å². The van der Waals surface area contributed by atoms with Gasteiger partial charge in [0.05, 0.1) is 5.57 Å². The predicted molar refractivity (Wildman–Crippen MR) is 123 cm³/mol. The van der Waals surface area contributed by atoms with Gasteiger partial charge in [-0.25, -0.2) is 9.67 Å². The average molecular weight is 453 g/mol. The van der Waals surface area contributed by atoms with E-state index in [1.165, 1.54) is 0 Å². The van der Waals surface area contributed by atoms with Gasteiger partial charge in [0.2, 0.25) is 12.7 Å². The molecule has 0 fully saturated rings. The summed E-state index contributed by atoms with van der Waals surface area (Å²) in [5.41, 5.74) is 2.72. The number of carbonyl (C=O) groups excluding carboxylic acids is 1. The zero-order chi connectivity index (χ0) is 23.1. The molecule has 0 bridgehead atoms. The molecule has 2 N–H and O–H groups in total. The highest BCUT2D eigenvalue weighted by Crippen LogP contribution is 2.41. The highest BCUT2D eigenvalue weighted by molar-refractivity contribution is 6.05. The van der Waals surface area contributed by atoms with Crippen LogP contribution in [0.25, 0.3) is 11.4 Å². The van der Waals surface area contributed by atoms with Crippen molar-refractivity contribution in [3.63, 3.8) is 0 Å². The molecule has 4 aromatic rings. The van der Waals surface area contributed by atoms with Gasteiger partial charge in [-0.05, 0) is 48.9 Å². The van der Waals surface area contributed by atoms with Gasteiger partial charge in [-0.1, -0.05) is 12.1 Å². The van der Waals surface area contributed by atoms with Gasteiger partial charge in [-0.3, -0.25) is 9.78 Å². The number of carbonyl (C=O) groups is 1. The van der Waals surface area contributed by atoms with Crippen LogP contribution in [0.5, 0.6) is 11.5 Å². The number of benzene rings is 1. The Hall–Kier alpha value is -4.73. The van der Waals surface area contributed by atoms with Gasteiger partial charge in [-0.2, -0.15) is 4.98 Å². The van der Waals surface area contributed by atoms with E-state index in [0.717, 1.165) is 11.1 Å². The normalized spacial score (nSPS) is 16.1. The summed E-state index contributed by atoms with van der Waals surface area (Å²) in [5, 5.41) is 10.9. The van der Waals surface area contributed by atoms with Crippen molar-refractivity contribution in [1.29, 1.82) is 0 Å². The molecule has 2 aliphatic rings. The van der Waals surface area contributed by atoms with Crippen molar-refractivity contribution in [3.8, 4) is 22.9 Å². The summed E-state index contributed by atoms with van der Waals surface area (Å²) >= 11 is 0. The lowest BCUT2D eigenvalue weighted by Crippen LogP contribution is -2.31. The molecule has 1 atom stereocenters. The summed E-state index contributed by atoms with van der Waals surface area (Å²) in [6.45, 7) is 2.00. The fourth-order valence-corrected chi connectivity index (χ4v) is 4.07. The molecule has 10 nitrogen and oxygen atoms in total. The second-order valence-electron chi connectivity index (χ2n) is 7.79. The lowest BCUT2D eigenvalue weighted by Gasteiger charge is -2.28. The van der Waals surface area contributed by atoms with E-state index in [4.69, 9.17) is 14.6 Å². The number of nitrogens with one attached hydrogen (secondary N) is 2. The Kier molecular flexibility index (Phi) is 4.69. The molecule has 168 valence electrons. The van der Waals surface area contributed by atoms with E-state index in [1.807, 2.05) is 43.3 Å². The van der Waals surface area contributed by atoms with Gasteiger partial charge in [0.15, 0.2) is 17.3 Å². The third kappa shape index (κ3) is 3.41. The number of anilines is 2. The molecule has 34 heavy (non-hydrogen) atoms. The summed E-state index contributed by atoms with van der Waals surface area (Å²) in [6.07, 6.45) is 5.02. The lowest BCUT2D eigenvalue weighted by atomic mass is 9.94. The van der Waals surface area contributed by atoms with Crippen molar-refractivity contribution in [2.75, 3.05) is 17.4 Å². The summed E-state index contributed by atoms with van der Waals surface area (Å²) < 4.78 is 12.8. The minimum atomic E-state index is -0.563. The maximum absolute atomic E-state index is 13.5. The Balaban J connectivity index is 1.47. The Morgan fingerprint density at radius 3 is 2.85 bits per heavy atom. The number of nitrogens with zero attached hydrogens (tertiary/aromatic N) is 5. The van der Waals surface area contributed by atoms with Crippen molar-refractivity contribution >= 4 is 17.7 Å². The van der Waals surface area contributed by atoms with Gasteiger partial charge in [0.25, 0.3) is 5.91 Å². The number of hydrogen-bond donors (Lipinski definition) is 2. The topological polar surface area (TPSA) is 116 Å². The number of rotatable bonds is 4. The van der Waals surface area contributed by atoms with Crippen LogP contribution in [0.2, 0.25) is 0 Å². The maximum atomic E-state index is 13.5. The Bertz CT molecular complexity index is 1420. The number of hydrogen-bond acceptors (Lipinski definition) is 8. The van der Waals surface area contributed by atoms with Crippen LogP contribution in [0.3, 0.4) is 0 Å². The zero-order valence-corrected chi connectivity index (χ0v) is 18.1. The molecule has 0 aliphatic carbocycles. The third-order valence-electron chi connectivity index (χ3n) is 5.64. The largest absolute Gasteiger partial charge is 0.454 e. The molecule has 1 unspecified atom stereocenters. The maximum Gasteiger partial charge on any atom is 0.257 e. The number of ether oxygens (including phenoxy) is 2. The fourth-order valence-electron chi connectivity index (χ4n) is 4.07. The van der Waals surface area contributed by atoms with Crippen LogP contribution in [0.1, 0.15) is 18.5 Å². The Morgan fingerprint density at radius 1 is 1.12 bits per heavy atom. The van der Waals surface area contributed by atoms with Gasteiger partial charge < -0.3 is 20.1 Å². The molecule has 0 saturated carbocycles. The molecule has 0 spiro atoms. The predicted octanol–water partition coefficient (Wildman–Crippen LogP) is 3.39. The van der Waals surface area contributed by atoms with Crippen LogP contribution >= 0.6 is 0 Å². The first-order valence-corrected chi connectivity index (χ1v) is 10.6. The first kappa shape index (κ1) is 19.9. The molecule has 5 heterocycles. The summed E-state index contributed by atoms with van der Waals surface area (Å²) in [4.78, 5) is 26.6. The number of allylic oxidation sites excluding steroid dienone is 1. The van der Waals surface area contributed by atoms with Gasteiger partial charge in [0, 0.05) is 29.9 Å². The molecule has 2 aliphatic heterocycles. The number of fused-ring (bicyclic) bond motifs is 2. The summed E-state index contributed by atoms with van der Waals surface area (Å²) in [6, 6.07) is 14.1. The standard InChI is InChI=1S/C24H19N7O3/c1-14-20(23(32)28-19-6-2-3-10-26-19)21(15-7-8-17-18(11-15)34-13-33-17)31-24(27-14)29-22(30-31)16-5-4-9-25-12-16/h2-12,21H,13H2,1H3,(H,26,28,32)(H,27,29,30). The third-order valence-corrected chi connectivity index (χ3v) is 5.64.